The highest BCUT2D eigenvalue weighted by Crippen LogP contribution is 2.37. The molecule has 0 saturated carbocycles. The van der Waals surface area contributed by atoms with Gasteiger partial charge >= 0.3 is 0 Å². The number of H-pyrrole nitrogens is 1. The Hall–Kier alpha value is -2.86. The molecule has 0 radical (unpaired) electrons. The Balaban J connectivity index is 1.34. The Morgan fingerprint density at radius 1 is 1.30 bits per heavy atom. The third kappa shape index (κ3) is 3.79. The van der Waals surface area contributed by atoms with Crippen molar-refractivity contribution in [3.05, 3.63) is 17.3 Å². The van der Waals surface area contributed by atoms with E-state index in [0.717, 1.165) is 55.1 Å². The molecule has 5 rings (SSSR count). The summed E-state index contributed by atoms with van der Waals surface area (Å²) < 4.78 is 5.85. The lowest BCUT2D eigenvalue weighted by Gasteiger charge is -2.38. The second kappa shape index (κ2) is 8.11. The first kappa shape index (κ1) is 19.1. The van der Waals surface area contributed by atoms with Crippen molar-refractivity contribution < 1.29 is 4.74 Å². The Bertz CT molecular complexity index is 937. The number of nitriles is 1. The van der Waals surface area contributed by atoms with Crippen LogP contribution >= 0.6 is 0 Å². The third-order valence-electron chi connectivity index (χ3n) is 6.43. The van der Waals surface area contributed by atoms with Gasteiger partial charge in [0, 0.05) is 42.9 Å². The summed E-state index contributed by atoms with van der Waals surface area (Å²) >= 11 is 0. The van der Waals surface area contributed by atoms with Crippen LogP contribution in [-0.2, 0) is 6.42 Å². The van der Waals surface area contributed by atoms with Crippen molar-refractivity contribution in [3.63, 3.8) is 0 Å². The quantitative estimate of drug-likeness (QED) is 0.668. The average molecular weight is 409 g/mol. The summed E-state index contributed by atoms with van der Waals surface area (Å²) in [5.41, 5.74) is 2.01. The third-order valence-corrected chi connectivity index (χ3v) is 6.43. The van der Waals surface area contributed by atoms with E-state index in [2.05, 4.69) is 36.8 Å². The number of piperidine rings is 1. The van der Waals surface area contributed by atoms with Gasteiger partial charge in [-0.1, -0.05) is 0 Å². The zero-order valence-corrected chi connectivity index (χ0v) is 17.3. The summed E-state index contributed by atoms with van der Waals surface area (Å²) in [4.78, 5) is 12.0. The van der Waals surface area contributed by atoms with Crippen LogP contribution in [0.2, 0.25) is 0 Å². The molecule has 2 saturated heterocycles. The van der Waals surface area contributed by atoms with Gasteiger partial charge in [-0.15, -0.1) is 0 Å². The predicted molar refractivity (Wildman–Crippen MR) is 113 cm³/mol. The van der Waals surface area contributed by atoms with Crippen molar-refractivity contribution in [2.24, 2.45) is 0 Å². The van der Waals surface area contributed by atoms with Gasteiger partial charge in [-0.2, -0.15) is 20.3 Å². The van der Waals surface area contributed by atoms with E-state index < -0.39 is 0 Å². The minimum atomic E-state index is 0.336. The maximum atomic E-state index is 8.94. The molecule has 0 aromatic carbocycles. The van der Waals surface area contributed by atoms with Gasteiger partial charge in [-0.25, -0.2) is 0 Å². The fourth-order valence-electron chi connectivity index (χ4n) is 5.12. The molecule has 2 aromatic rings. The van der Waals surface area contributed by atoms with Crippen LogP contribution in [0, 0.1) is 18.3 Å². The summed E-state index contributed by atoms with van der Waals surface area (Å²) in [5, 5.41) is 23.1. The maximum Gasteiger partial charge on any atom is 0.228 e. The molecule has 3 aliphatic rings. The topological polar surface area (TPSA) is 115 Å². The first-order valence-corrected chi connectivity index (χ1v) is 10.9. The molecule has 30 heavy (non-hydrogen) atoms. The highest BCUT2D eigenvalue weighted by molar-refractivity contribution is 5.61. The van der Waals surface area contributed by atoms with Crippen LogP contribution in [0.1, 0.15) is 49.8 Å². The van der Waals surface area contributed by atoms with Gasteiger partial charge in [0.1, 0.15) is 5.82 Å². The van der Waals surface area contributed by atoms with E-state index >= 15 is 0 Å². The summed E-state index contributed by atoms with van der Waals surface area (Å²) in [5.74, 6) is 2.79. The number of nitrogens with zero attached hydrogens (tertiary/aromatic N) is 5. The van der Waals surface area contributed by atoms with Crippen LogP contribution in [0.3, 0.4) is 0 Å². The zero-order valence-electron chi connectivity index (χ0n) is 17.3. The summed E-state index contributed by atoms with van der Waals surface area (Å²) in [6.45, 7) is 3.55. The van der Waals surface area contributed by atoms with Crippen LogP contribution in [-0.4, -0.2) is 56.3 Å². The van der Waals surface area contributed by atoms with Crippen molar-refractivity contribution >= 4 is 17.6 Å². The molecule has 158 valence electrons. The fraction of sp³-hybridized carbons (Fsp3) is 0.619. The van der Waals surface area contributed by atoms with Gasteiger partial charge in [0.15, 0.2) is 5.82 Å². The fourth-order valence-corrected chi connectivity index (χ4v) is 5.12. The van der Waals surface area contributed by atoms with E-state index in [1.165, 1.54) is 12.8 Å². The molecule has 2 aromatic heterocycles. The minimum Gasteiger partial charge on any atom is -0.477 e. The molecule has 3 atom stereocenters. The number of hydrogen-bond acceptors (Lipinski definition) is 8. The van der Waals surface area contributed by atoms with E-state index in [9.17, 15) is 0 Å². The molecule has 1 unspecified atom stereocenters. The number of aromatic amines is 1. The van der Waals surface area contributed by atoms with Crippen LogP contribution in [0.5, 0.6) is 5.88 Å². The van der Waals surface area contributed by atoms with Gasteiger partial charge in [0.25, 0.3) is 0 Å². The lowest BCUT2D eigenvalue weighted by Crippen LogP contribution is -2.47. The van der Waals surface area contributed by atoms with Crippen LogP contribution in [0.15, 0.2) is 6.07 Å². The number of aryl methyl sites for hydroxylation is 1. The van der Waals surface area contributed by atoms with E-state index in [1.54, 1.807) is 0 Å². The second-order valence-corrected chi connectivity index (χ2v) is 8.54. The maximum absolute atomic E-state index is 8.94. The first-order chi connectivity index (χ1) is 14.7. The summed E-state index contributed by atoms with van der Waals surface area (Å²) in [7, 11) is 0. The molecule has 3 N–H and O–H groups in total. The van der Waals surface area contributed by atoms with Crippen LogP contribution in [0.25, 0.3) is 0 Å². The number of nitrogens with one attached hydrogen (secondary N) is 3. The molecule has 2 bridgehead atoms. The number of anilines is 3. The highest BCUT2D eigenvalue weighted by Gasteiger charge is 2.40. The van der Waals surface area contributed by atoms with E-state index in [0.29, 0.717) is 43.0 Å². The van der Waals surface area contributed by atoms with Crippen LogP contribution in [0.4, 0.5) is 17.6 Å². The van der Waals surface area contributed by atoms with Crippen molar-refractivity contribution in [2.75, 3.05) is 23.8 Å². The highest BCUT2D eigenvalue weighted by atomic mass is 16.5. The van der Waals surface area contributed by atoms with Crippen molar-refractivity contribution in [3.8, 4) is 11.9 Å². The summed E-state index contributed by atoms with van der Waals surface area (Å²) in [6, 6.07) is 5.68. The monoisotopic (exact) mass is 408 g/mol. The number of hydrogen-bond donors (Lipinski definition) is 3. The van der Waals surface area contributed by atoms with E-state index in [1.807, 2.05) is 13.0 Å². The Kier molecular flexibility index (Phi) is 5.17. The number of rotatable bonds is 6. The molecular weight excluding hydrogens is 380 g/mol. The number of fused-ring (bicyclic) bond motifs is 3. The molecule has 9 nitrogen and oxygen atoms in total. The molecule has 0 amide bonds. The first-order valence-electron chi connectivity index (χ1n) is 10.9. The summed E-state index contributed by atoms with van der Waals surface area (Å²) in [6.07, 6.45) is 7.01. The minimum absolute atomic E-state index is 0.336. The number of aromatic nitrogens is 4. The standard InChI is InChI=1S/C21H28N8O/c1-13-10-18(28-27-13)24-19-17-4-2-9-30-20(17)26-21(25-19)23-14-11-15-5-6-16(12-14)29(15)8-3-7-22/h10,14-16H,2-6,8-9,11-12H2,1H3,(H3,23,24,25,26,27,28)/t14?,15-,16+. The molecule has 3 aliphatic heterocycles. The van der Waals surface area contributed by atoms with Gasteiger partial charge in [0.2, 0.25) is 11.8 Å². The molecule has 9 heteroatoms. The van der Waals surface area contributed by atoms with Crippen molar-refractivity contribution in [1.29, 1.82) is 5.26 Å². The Labute approximate surface area is 176 Å². The molecule has 0 spiro atoms. The molecule has 0 aliphatic carbocycles. The van der Waals surface area contributed by atoms with Crippen molar-refractivity contribution in [2.45, 2.75) is 70.0 Å². The Morgan fingerprint density at radius 3 is 2.87 bits per heavy atom. The SMILES string of the molecule is Cc1cc(Nc2nc(NC3C[C@H]4CC[C@@H](C3)N4CCC#N)nc3c2CCCO3)n[nH]1. The molecule has 2 fully saturated rings. The van der Waals surface area contributed by atoms with Gasteiger partial charge < -0.3 is 15.4 Å². The van der Waals surface area contributed by atoms with Crippen LogP contribution < -0.4 is 15.4 Å². The lowest BCUT2D eigenvalue weighted by molar-refractivity contribution is 0.135. The van der Waals surface area contributed by atoms with Gasteiger partial charge in [0.05, 0.1) is 18.2 Å². The van der Waals surface area contributed by atoms with E-state index in [-0.39, 0.29) is 0 Å². The zero-order chi connectivity index (χ0) is 20.5. The normalized spacial score (nSPS) is 25.3. The predicted octanol–water partition coefficient (Wildman–Crippen LogP) is 2.90. The molecule has 5 heterocycles. The second-order valence-electron chi connectivity index (χ2n) is 8.54. The lowest BCUT2D eigenvalue weighted by atomic mass is 9.97. The van der Waals surface area contributed by atoms with Gasteiger partial charge in [-0.05, 0) is 45.4 Å². The smallest absolute Gasteiger partial charge is 0.228 e. The van der Waals surface area contributed by atoms with E-state index in [4.69, 9.17) is 15.0 Å². The molecular formula is C21H28N8O. The Morgan fingerprint density at radius 2 is 2.13 bits per heavy atom. The van der Waals surface area contributed by atoms with Crippen molar-refractivity contribution in [1.82, 2.24) is 25.1 Å². The largest absolute Gasteiger partial charge is 0.477 e. The number of ether oxygens (including phenoxy) is 1. The van der Waals surface area contributed by atoms with Gasteiger partial charge in [-0.3, -0.25) is 10.00 Å². The average Bonchev–Trinajstić information content (AvgIpc) is 3.25.